The Morgan fingerprint density at radius 1 is 0.500 bits per heavy atom. The van der Waals surface area contributed by atoms with Gasteiger partial charge in [-0.15, -0.1) is 12.4 Å². The molecule has 61 heteroatoms. The Kier molecular flexibility index (Phi) is 90.5. The molecule has 11 rings (SSSR count). The van der Waals surface area contributed by atoms with Gasteiger partial charge in [-0.2, -0.15) is 11.3 Å². The molecule has 11 heterocycles. The van der Waals surface area contributed by atoms with E-state index in [4.69, 9.17) is 61.9 Å². The predicted octanol–water partition coefficient (Wildman–Crippen LogP) is 4.91. The number of hydroxylamine groups is 2. The summed E-state index contributed by atoms with van der Waals surface area (Å²) in [6.45, 7) is 36.9. The van der Waals surface area contributed by atoms with Crippen LogP contribution in [0.2, 0.25) is 0 Å². The molecular formula is C89H149BrCl3FMgN5NaO39S10. The molecule has 0 aliphatic carbocycles. The Hall–Kier alpha value is -5.75. The molecule has 3 aliphatic heterocycles. The van der Waals surface area contributed by atoms with E-state index in [1.807, 2.05) is 83.1 Å². The van der Waals surface area contributed by atoms with E-state index in [1.165, 1.54) is 128 Å². The maximum absolute atomic E-state index is 12.1. The summed E-state index contributed by atoms with van der Waals surface area (Å²) in [7, 11) is -23.2. The van der Waals surface area contributed by atoms with E-state index in [9.17, 15) is 99.9 Å². The number of amides is 1. The van der Waals surface area contributed by atoms with Gasteiger partial charge in [-0.1, -0.05) is 35.1 Å². The van der Waals surface area contributed by atoms with Gasteiger partial charge in [0, 0.05) is 110 Å². The predicted molar refractivity (Wildman–Crippen MR) is 562 cm³/mol. The number of carbonyl (C=O) groups excluding carboxylic acids is 4. The number of methoxy groups -OCH3 is 2. The minimum absolute atomic E-state index is 0. The number of ketones is 1. The number of carbonyl (C=O) groups is 5. The summed E-state index contributed by atoms with van der Waals surface area (Å²) >= 11 is 3.06. The second kappa shape index (κ2) is 82.7. The maximum atomic E-state index is 12.1. The van der Waals surface area contributed by atoms with E-state index in [0.717, 1.165) is 107 Å². The Morgan fingerprint density at radius 2 is 0.773 bits per heavy atom. The molecule has 0 spiro atoms. The molecule has 3 saturated heterocycles. The van der Waals surface area contributed by atoms with Gasteiger partial charge in [0.2, 0.25) is 122 Å². The number of alkyl halides is 1. The first-order valence-corrected chi connectivity index (χ1v) is 60.4. The van der Waals surface area contributed by atoms with Crippen molar-refractivity contribution in [1.29, 1.82) is 0 Å². The first kappa shape index (κ1) is 164. The molecule has 1 amide bonds. The number of rotatable bonds is 23. The van der Waals surface area contributed by atoms with Crippen LogP contribution in [0.25, 0.3) is 0 Å². The average Bonchev–Trinajstić information content (AvgIpc) is 1.19. The van der Waals surface area contributed by atoms with Crippen molar-refractivity contribution in [3.63, 3.8) is 0 Å². The number of Topliss-reactive ketones (excluding diaryl/α,β-unsaturated/α-hetero) is 1. The average molecular weight is 2490 g/mol. The molecule has 0 unspecified atom stereocenters. The van der Waals surface area contributed by atoms with Crippen LogP contribution < -0.4 is 70.0 Å². The van der Waals surface area contributed by atoms with Crippen LogP contribution in [0.3, 0.4) is 0 Å². The van der Waals surface area contributed by atoms with E-state index in [-0.39, 0.29) is 201 Å². The molecule has 3 fully saturated rings. The Bertz CT molecular complexity index is 5990. The zero-order chi connectivity index (χ0) is 113. The quantitative estimate of drug-likeness (QED) is 0.0142. The third-order valence-corrected chi connectivity index (χ3v) is 27.8. The first-order chi connectivity index (χ1) is 66.2. The van der Waals surface area contributed by atoms with Gasteiger partial charge >= 0.3 is 76.4 Å². The standard InChI is InChI=1S/C12H21NO4S2.C12H19NO4S2.C8H11NO5S.C8H13NO3S.C8H10O4S.C7H8O5S.C6H5BrO3.C6H6O5S.C4H11NOS.3C4H8O.C2H6O.C2H5.CH3F.CH4.3ClH.Mg.Na.H2O/c2*1-6-9(13-18(14)12(2,3)4)10-7-8-11(17-10)19(5,15)16;1-9(13-2)8(10)6-4-5-7(14-6)15(3,11)12;2*1-3-6(9)7-4-5-8(12-7)13(2,10)11;1-11-7(8)5-3-4-6(12-5)13(2,9)10;1-9-6(8)4-2-3-5(7)10-4;1-12(9,10)5-3-2-4(11-5)6(7)8;1-4(2,3)7(5)6;3*1-2-4-5-3-1;1-2-3;2*1-2;;;;;;;/h7-9,13H,6H2,1-5H3;7-8H,6H2,1-5H3;4-5H,1-3H3;4-6H,3,9H2,1-2H3;4-5H,3H2,1-2H3;3-4H,1-2H3;2-3H,1H3;2-3H,1H3,(H,7,8);5H2,1-3H3;3*1-4H2;3H,2H2,1H3;1H2,2H3;1H3;1H4;3*1H;;;1H2/q;;;;;;;;;;;;;-1;;;;;;+2;+1;/p-2/t9-,18+;18-;;6-;;;;;7-;;;;;;;;;;;;;/m01.0....1............./s1/i;;;;;;;;;;;;;;1D;;;;;;;. The number of nitrogens with two attached hydrogens (primary N) is 1. The first-order valence-electron chi connectivity index (χ1n) is 43.6. The third-order valence-electron chi connectivity index (χ3n) is 16.5. The van der Waals surface area contributed by atoms with Crippen molar-refractivity contribution in [3.8, 4) is 0 Å². The van der Waals surface area contributed by atoms with E-state index >= 15 is 0 Å². The van der Waals surface area contributed by atoms with Crippen LogP contribution in [0.1, 0.15) is 259 Å². The molecule has 44 nitrogen and oxygen atoms in total. The Labute approximate surface area is 957 Å². The Balaban J connectivity index is -0.000000158. The summed E-state index contributed by atoms with van der Waals surface area (Å²) in [5.74, 6) is -2.02. The minimum atomic E-state index is -3.45. The van der Waals surface area contributed by atoms with Crippen molar-refractivity contribution in [1.82, 2.24) is 9.79 Å². The summed E-state index contributed by atoms with van der Waals surface area (Å²) in [5, 5.41) is 20.8. The number of nitrogens with zero attached hydrogens (tertiary/aromatic N) is 2. The van der Waals surface area contributed by atoms with E-state index < -0.39 is 138 Å². The van der Waals surface area contributed by atoms with Gasteiger partial charge in [0.25, 0.3) is 0 Å². The van der Waals surface area contributed by atoms with Crippen molar-refractivity contribution >= 4 is 189 Å². The summed E-state index contributed by atoms with van der Waals surface area (Å²) in [5.41, 5.74) is 4.34. The van der Waals surface area contributed by atoms with Crippen LogP contribution in [-0.2, 0) is 130 Å². The van der Waals surface area contributed by atoms with Gasteiger partial charge in [-0.05, 0) is 234 Å². The van der Waals surface area contributed by atoms with Gasteiger partial charge in [0.1, 0.15) is 22.8 Å². The molecule has 8 aromatic rings. The van der Waals surface area contributed by atoms with E-state index in [2.05, 4.69) is 56.4 Å². The normalized spacial score (nSPS) is 13.4. The van der Waals surface area contributed by atoms with E-state index in [0.29, 0.717) is 46.9 Å². The van der Waals surface area contributed by atoms with Gasteiger partial charge in [-0.3, -0.25) is 24.0 Å². The molecule has 3 aliphatic rings. The number of halogens is 5. The molecule has 0 radical (unpaired) electrons. The number of ether oxygens (including phenoxy) is 5. The fourth-order valence-electron chi connectivity index (χ4n) is 8.65. The molecule has 8 aromatic heterocycles. The second-order valence-electron chi connectivity index (χ2n) is 32.0. The fraction of sp³-hybridized carbons (Fsp3) is 0.562. The minimum Gasteiger partial charge on any atom is -1.00 e. The third kappa shape index (κ3) is 71.5. The molecule has 0 bridgehead atoms. The van der Waals surface area contributed by atoms with Crippen molar-refractivity contribution in [2.45, 2.75) is 237 Å². The number of furan rings is 8. The summed E-state index contributed by atoms with van der Waals surface area (Å²) in [6.07, 6.45) is 17.2. The molecule has 150 heavy (non-hydrogen) atoms. The number of esters is 2. The summed E-state index contributed by atoms with van der Waals surface area (Å²) in [6, 6.07) is 21.9. The number of nitrogens with one attached hydrogen (secondary N) is 1. The topological polar surface area (TPSA) is 688 Å². The SMILES string of the molecule is C.C1CCOC1.C1CCOC1.C1CCOC1.CC(C)(C)[S@](N)=O.CCC(=N[S@](=O)C(C)(C)C)c1ccc(S(C)(=O)=O)o1.CCC(=O)c1ccc(S(C)(=O)=O)o1.CCO.CC[C@H](N[S@](=O)C(C)(C)C)c1ccc(S(C)(=O)=O)o1.CC[C@H]([NH3+])c1ccc(S(C)(=O)=O)o1.COC(=O)c1ccc(Br)o1.COC(=O)c1ccc(S(C)(=O)=O)o1.CON(C)C(=O)c1ccc(S(C)(=O)=O)o1.CS(=O)(=O)c1ccc(C(=O)O)o1.Cl.[2H]CF.[CH2-]C.[Cl-].[Cl-].[Mg+2].[Na+].[OH-]. The number of aromatic carboxylic acids is 1. The number of carboxylic acid groups (broad SMARTS) is 1. The molecule has 5 atom stereocenters. The molecule has 9 N–H and O–H groups in total. The van der Waals surface area contributed by atoms with Crippen molar-refractivity contribution in [2.75, 3.05) is 126 Å². The second-order valence-corrected chi connectivity index (χ2v) is 52.1. The van der Waals surface area contributed by atoms with Crippen LogP contribution in [0.4, 0.5) is 4.39 Å². The number of hydrogen-bond donors (Lipinski definition) is 5. The van der Waals surface area contributed by atoms with Crippen LogP contribution in [0.15, 0.2) is 177 Å². The van der Waals surface area contributed by atoms with Crippen molar-refractivity contribution in [3.05, 3.63) is 155 Å². The number of sulfone groups is 7. The maximum Gasteiger partial charge on any atom is 2.00 e. The largest absolute Gasteiger partial charge is 2.00 e. The Morgan fingerprint density at radius 3 is 1.02 bits per heavy atom. The van der Waals surface area contributed by atoms with Crippen LogP contribution in [0, 0.1) is 6.92 Å². The summed E-state index contributed by atoms with van der Waals surface area (Å²) in [4.78, 5) is 58.9. The van der Waals surface area contributed by atoms with Crippen LogP contribution >= 0.6 is 28.3 Å². The van der Waals surface area contributed by atoms with Gasteiger partial charge < -0.3 is 112 Å². The van der Waals surface area contributed by atoms with Gasteiger partial charge in [0.15, 0.2) is 33.5 Å². The van der Waals surface area contributed by atoms with Crippen LogP contribution in [0.5, 0.6) is 0 Å². The molecule has 862 valence electrons. The molecule has 0 saturated carbocycles. The molecular weight excluding hydrogens is 2340 g/mol. The van der Waals surface area contributed by atoms with Crippen molar-refractivity contribution < 1.29 is 241 Å². The number of aliphatic hydroxyl groups excluding tert-OH is 1. The number of hydrogen-bond acceptors (Lipinski definition) is 38. The fourth-order valence-corrected chi connectivity index (χ4v) is 14.5. The smallest absolute Gasteiger partial charge is 1.00 e. The summed E-state index contributed by atoms with van der Waals surface area (Å²) < 4.78 is 274. The van der Waals surface area contributed by atoms with Gasteiger partial charge in [0.05, 0.1) is 77.8 Å². The number of quaternary nitrogens is 1. The number of carboxylic acids is 1. The van der Waals surface area contributed by atoms with E-state index in [1.54, 1.807) is 45.0 Å². The zero-order valence-corrected chi connectivity index (χ0v) is 104. The van der Waals surface area contributed by atoms with Crippen molar-refractivity contribution in [2.24, 2.45) is 9.54 Å². The number of aliphatic hydroxyl groups is 1. The zero-order valence-electron chi connectivity index (χ0n) is 89.8. The molecule has 0 aromatic carbocycles. The van der Waals surface area contributed by atoms with Gasteiger partial charge in [-0.25, -0.2) is 95.7 Å². The van der Waals surface area contributed by atoms with Crippen LogP contribution in [-0.4, -0.2) is 290 Å². The monoisotopic (exact) mass is 2480 g/mol.